The third-order valence-electron chi connectivity index (χ3n) is 4.29. The van der Waals surface area contributed by atoms with Gasteiger partial charge in [0.15, 0.2) is 5.78 Å². The molecule has 0 radical (unpaired) electrons. The monoisotopic (exact) mass is 320 g/mol. The van der Waals surface area contributed by atoms with Crippen molar-refractivity contribution in [3.63, 3.8) is 0 Å². The zero-order valence-corrected chi connectivity index (χ0v) is 14.0. The van der Waals surface area contributed by atoms with E-state index in [1.807, 2.05) is 18.2 Å². The largest absolute Gasteiger partial charge is 0.481 e. The number of ketones is 2. The van der Waals surface area contributed by atoms with Gasteiger partial charge in [-0.1, -0.05) is 38.0 Å². The molecule has 4 nitrogen and oxygen atoms in total. The molecule has 0 aromatic rings. The Kier molecular flexibility index (Phi) is 9.18. The first-order valence-electron chi connectivity index (χ1n) is 8.65. The van der Waals surface area contributed by atoms with Crippen molar-refractivity contribution in [3.8, 4) is 0 Å². The van der Waals surface area contributed by atoms with Gasteiger partial charge in [-0.25, -0.2) is 0 Å². The molecule has 2 unspecified atom stereocenters. The molecule has 0 bridgehead atoms. The molecule has 0 saturated heterocycles. The molecule has 1 rings (SSSR count). The van der Waals surface area contributed by atoms with Crippen molar-refractivity contribution < 1.29 is 19.5 Å². The number of carbonyl (C=O) groups excluding carboxylic acids is 2. The van der Waals surface area contributed by atoms with Gasteiger partial charge in [0.2, 0.25) is 0 Å². The van der Waals surface area contributed by atoms with E-state index in [-0.39, 0.29) is 29.8 Å². The van der Waals surface area contributed by atoms with E-state index in [0.29, 0.717) is 25.7 Å². The normalized spacial score (nSPS) is 21.5. The van der Waals surface area contributed by atoms with Crippen LogP contribution in [0.4, 0.5) is 0 Å². The van der Waals surface area contributed by atoms with Crippen molar-refractivity contribution in [2.45, 2.75) is 64.7 Å². The van der Waals surface area contributed by atoms with Gasteiger partial charge in [0, 0.05) is 25.2 Å². The predicted molar refractivity (Wildman–Crippen MR) is 90.1 cm³/mol. The molecular formula is C19H28O4. The van der Waals surface area contributed by atoms with Crippen LogP contribution < -0.4 is 0 Å². The Morgan fingerprint density at radius 1 is 1.22 bits per heavy atom. The Hall–Kier alpha value is -1.71. The first kappa shape index (κ1) is 19.3. The lowest BCUT2D eigenvalue weighted by Crippen LogP contribution is -2.12. The summed E-state index contributed by atoms with van der Waals surface area (Å²) in [5.74, 6) is -0.332. The molecule has 1 aliphatic carbocycles. The minimum absolute atomic E-state index is 0.0595. The fourth-order valence-electron chi connectivity index (χ4n) is 2.90. The van der Waals surface area contributed by atoms with Gasteiger partial charge in [0.05, 0.1) is 0 Å². The van der Waals surface area contributed by atoms with E-state index in [1.54, 1.807) is 6.08 Å². The number of rotatable bonds is 11. The second kappa shape index (κ2) is 10.9. The maximum Gasteiger partial charge on any atom is 0.303 e. The quantitative estimate of drug-likeness (QED) is 0.353. The fraction of sp³-hybridized carbons (Fsp3) is 0.632. The Labute approximate surface area is 138 Å². The summed E-state index contributed by atoms with van der Waals surface area (Å²) in [6.45, 7) is 2.11. The summed E-state index contributed by atoms with van der Waals surface area (Å²) in [5.41, 5.74) is 0. The number of aliphatic carboxylic acids is 1. The first-order chi connectivity index (χ1) is 11.0. The summed E-state index contributed by atoms with van der Waals surface area (Å²) in [4.78, 5) is 34.2. The van der Waals surface area contributed by atoms with Crippen molar-refractivity contribution in [2.75, 3.05) is 0 Å². The van der Waals surface area contributed by atoms with Gasteiger partial charge in [-0.3, -0.25) is 14.4 Å². The standard InChI is InChI=1S/C19H28O4/c1-2-3-5-8-16(20)13-11-15-12-14-18(21)17(15)9-6-4-7-10-19(22)23/h4,6,11,13,15,17H,2-3,5,7-10,12,14H2,1H3,(H,22,23). The van der Waals surface area contributed by atoms with Crippen LogP contribution in [-0.4, -0.2) is 22.6 Å². The third kappa shape index (κ3) is 7.91. The van der Waals surface area contributed by atoms with Crippen molar-refractivity contribution in [1.82, 2.24) is 0 Å². The molecular weight excluding hydrogens is 292 g/mol. The maximum absolute atomic E-state index is 12.0. The number of carboxylic acid groups (broad SMARTS) is 1. The summed E-state index contributed by atoms with van der Waals surface area (Å²) in [5, 5.41) is 8.58. The van der Waals surface area contributed by atoms with Gasteiger partial charge in [-0.05, 0) is 37.7 Å². The van der Waals surface area contributed by atoms with Gasteiger partial charge >= 0.3 is 5.97 Å². The van der Waals surface area contributed by atoms with E-state index in [9.17, 15) is 14.4 Å². The van der Waals surface area contributed by atoms with E-state index >= 15 is 0 Å². The predicted octanol–water partition coefficient (Wildman–Crippen LogP) is 4.10. The second-order valence-electron chi connectivity index (χ2n) is 6.20. The number of carbonyl (C=O) groups is 3. The average molecular weight is 320 g/mol. The van der Waals surface area contributed by atoms with E-state index < -0.39 is 5.97 Å². The van der Waals surface area contributed by atoms with Crippen LogP contribution in [0.2, 0.25) is 0 Å². The third-order valence-corrected chi connectivity index (χ3v) is 4.29. The van der Waals surface area contributed by atoms with Crippen molar-refractivity contribution in [2.24, 2.45) is 11.8 Å². The fourth-order valence-corrected chi connectivity index (χ4v) is 2.90. The maximum atomic E-state index is 12.0. The zero-order chi connectivity index (χ0) is 17.1. The molecule has 23 heavy (non-hydrogen) atoms. The van der Waals surface area contributed by atoms with Crippen LogP contribution in [0.15, 0.2) is 24.3 Å². The number of unbranched alkanes of at least 4 members (excludes halogenated alkanes) is 2. The SMILES string of the molecule is CCCCCC(=O)C=CC1CCC(=O)C1CC=CCCC(=O)O. The molecule has 0 amide bonds. The van der Waals surface area contributed by atoms with Gasteiger partial charge in [0.1, 0.15) is 5.78 Å². The molecule has 128 valence electrons. The van der Waals surface area contributed by atoms with Crippen LogP contribution in [0.25, 0.3) is 0 Å². The van der Waals surface area contributed by atoms with Crippen molar-refractivity contribution >= 4 is 17.5 Å². The lowest BCUT2D eigenvalue weighted by Gasteiger charge is -2.12. The summed E-state index contributed by atoms with van der Waals surface area (Å²) in [7, 11) is 0. The first-order valence-corrected chi connectivity index (χ1v) is 8.65. The van der Waals surface area contributed by atoms with E-state index in [2.05, 4.69) is 6.92 Å². The lowest BCUT2D eigenvalue weighted by atomic mass is 9.91. The highest BCUT2D eigenvalue weighted by molar-refractivity contribution is 5.90. The molecule has 1 saturated carbocycles. The molecule has 0 aromatic heterocycles. The summed E-state index contributed by atoms with van der Waals surface area (Å²) in [6, 6.07) is 0. The Balaban J connectivity index is 2.42. The Morgan fingerprint density at radius 3 is 2.70 bits per heavy atom. The number of allylic oxidation sites excluding steroid dienone is 4. The highest BCUT2D eigenvalue weighted by atomic mass is 16.4. The minimum Gasteiger partial charge on any atom is -0.481 e. The van der Waals surface area contributed by atoms with Crippen LogP contribution in [0, 0.1) is 11.8 Å². The van der Waals surface area contributed by atoms with Crippen LogP contribution in [0.3, 0.4) is 0 Å². The zero-order valence-electron chi connectivity index (χ0n) is 14.0. The van der Waals surface area contributed by atoms with Crippen LogP contribution >= 0.6 is 0 Å². The summed E-state index contributed by atoms with van der Waals surface area (Å²) >= 11 is 0. The molecule has 2 atom stereocenters. The molecule has 1 N–H and O–H groups in total. The van der Waals surface area contributed by atoms with Gasteiger partial charge in [-0.2, -0.15) is 0 Å². The number of hydrogen-bond donors (Lipinski definition) is 1. The Bertz CT molecular complexity index is 462. The number of carboxylic acids is 1. The molecule has 1 fully saturated rings. The summed E-state index contributed by atoms with van der Waals surface area (Å²) < 4.78 is 0. The second-order valence-corrected chi connectivity index (χ2v) is 6.20. The molecule has 0 aliphatic heterocycles. The van der Waals surface area contributed by atoms with Gasteiger partial charge in [-0.15, -0.1) is 0 Å². The molecule has 4 heteroatoms. The molecule has 0 heterocycles. The molecule has 1 aliphatic rings. The average Bonchev–Trinajstić information content (AvgIpc) is 2.85. The smallest absolute Gasteiger partial charge is 0.303 e. The highest BCUT2D eigenvalue weighted by Crippen LogP contribution is 2.32. The summed E-state index contributed by atoms with van der Waals surface area (Å²) in [6.07, 6.45) is 13.6. The Morgan fingerprint density at radius 2 is 2.00 bits per heavy atom. The van der Waals surface area contributed by atoms with Crippen molar-refractivity contribution in [1.29, 1.82) is 0 Å². The van der Waals surface area contributed by atoms with Crippen LogP contribution in [0.5, 0.6) is 0 Å². The minimum atomic E-state index is -0.811. The number of Topliss-reactive ketones (excluding diaryl/α,β-unsaturated/α-hetero) is 1. The number of hydrogen-bond acceptors (Lipinski definition) is 3. The van der Waals surface area contributed by atoms with E-state index in [1.165, 1.54) is 0 Å². The van der Waals surface area contributed by atoms with Crippen molar-refractivity contribution in [3.05, 3.63) is 24.3 Å². The topological polar surface area (TPSA) is 71.4 Å². The van der Waals surface area contributed by atoms with E-state index in [4.69, 9.17) is 5.11 Å². The molecule has 0 aromatic carbocycles. The van der Waals surface area contributed by atoms with E-state index in [0.717, 1.165) is 25.7 Å². The highest BCUT2D eigenvalue weighted by Gasteiger charge is 2.31. The molecule has 0 spiro atoms. The van der Waals surface area contributed by atoms with Crippen LogP contribution in [0.1, 0.15) is 64.7 Å². The van der Waals surface area contributed by atoms with Gasteiger partial charge in [0.25, 0.3) is 0 Å². The van der Waals surface area contributed by atoms with Gasteiger partial charge < -0.3 is 5.11 Å². The lowest BCUT2D eigenvalue weighted by molar-refractivity contribution is -0.137. The van der Waals surface area contributed by atoms with Crippen LogP contribution in [-0.2, 0) is 14.4 Å².